The van der Waals surface area contributed by atoms with Crippen molar-refractivity contribution in [3.05, 3.63) is 77.6 Å². The van der Waals surface area contributed by atoms with Gasteiger partial charge >= 0.3 is 5.97 Å². The fraction of sp³-hybridized carbons (Fsp3) is 0.304. The van der Waals surface area contributed by atoms with Crippen molar-refractivity contribution in [2.45, 2.75) is 25.8 Å². The lowest BCUT2D eigenvalue weighted by molar-refractivity contribution is -0.143. The lowest BCUT2D eigenvalue weighted by atomic mass is 9.89. The van der Waals surface area contributed by atoms with Crippen molar-refractivity contribution < 1.29 is 9.90 Å². The van der Waals surface area contributed by atoms with E-state index in [0.29, 0.717) is 12.8 Å². The second-order valence-electron chi connectivity index (χ2n) is 7.39. The molecule has 138 valence electrons. The fourth-order valence-corrected chi connectivity index (χ4v) is 4.16. The number of fused-ring (bicyclic) bond motifs is 1. The van der Waals surface area contributed by atoms with Crippen LogP contribution in [0, 0.1) is 12.8 Å². The van der Waals surface area contributed by atoms with Gasteiger partial charge in [-0.2, -0.15) is 0 Å². The predicted molar refractivity (Wildman–Crippen MR) is 107 cm³/mol. The molecule has 4 rings (SSSR count). The third kappa shape index (κ3) is 3.58. The van der Waals surface area contributed by atoms with Crippen molar-refractivity contribution in [1.82, 2.24) is 9.88 Å². The number of aliphatic carboxylic acids is 1. The molecule has 27 heavy (non-hydrogen) atoms. The summed E-state index contributed by atoms with van der Waals surface area (Å²) in [7, 11) is 0. The average molecular weight is 360 g/mol. The van der Waals surface area contributed by atoms with Gasteiger partial charge in [-0.15, -0.1) is 0 Å². The summed E-state index contributed by atoms with van der Waals surface area (Å²) in [6.45, 7) is 3.74. The highest BCUT2D eigenvalue weighted by Gasteiger charge is 2.30. The molecule has 0 spiro atoms. The Hall–Kier alpha value is -2.72. The molecule has 1 N–H and O–H groups in total. The molecule has 1 aromatic heterocycles. The molecule has 4 nitrogen and oxygen atoms in total. The zero-order valence-corrected chi connectivity index (χ0v) is 15.5. The lowest BCUT2D eigenvalue weighted by Crippen LogP contribution is -2.39. The van der Waals surface area contributed by atoms with E-state index in [1.807, 2.05) is 18.5 Å². The number of aromatic nitrogens is 1. The minimum Gasteiger partial charge on any atom is -0.481 e. The molecule has 0 saturated carbocycles. The van der Waals surface area contributed by atoms with Gasteiger partial charge in [0.05, 0.1) is 12.0 Å². The molecule has 3 aromatic rings. The van der Waals surface area contributed by atoms with Gasteiger partial charge in [0.2, 0.25) is 0 Å². The van der Waals surface area contributed by atoms with E-state index in [2.05, 4.69) is 59.3 Å². The van der Waals surface area contributed by atoms with E-state index in [9.17, 15) is 9.90 Å². The summed E-state index contributed by atoms with van der Waals surface area (Å²) in [5.74, 6) is -0.887. The molecule has 2 heterocycles. The van der Waals surface area contributed by atoms with Crippen molar-refractivity contribution in [3.8, 4) is 0 Å². The number of aryl methyl sites for hydroxylation is 1. The van der Waals surface area contributed by atoms with Crippen LogP contribution >= 0.6 is 0 Å². The van der Waals surface area contributed by atoms with Crippen molar-refractivity contribution in [2.75, 3.05) is 13.1 Å². The van der Waals surface area contributed by atoms with E-state index in [4.69, 9.17) is 0 Å². The van der Waals surface area contributed by atoms with Gasteiger partial charge in [-0.05, 0) is 67.1 Å². The molecule has 0 amide bonds. The van der Waals surface area contributed by atoms with Gasteiger partial charge in [0.15, 0.2) is 0 Å². The standard InChI is InChI=1S/C23H24N2O2/c1-16-4-2-3-5-21(16)22(25-12-9-17(10-13-25)23(26)27)19-6-7-20-15-24-11-8-18(20)14-19/h2-8,11,14-15,17,22H,9-10,12-13H2,1H3,(H,26,27). The quantitative estimate of drug-likeness (QED) is 0.748. The third-order valence-corrected chi connectivity index (χ3v) is 5.71. The van der Waals surface area contributed by atoms with Crippen LogP contribution in [0.25, 0.3) is 10.8 Å². The predicted octanol–water partition coefficient (Wildman–Crippen LogP) is 4.43. The number of nitrogens with zero attached hydrogens (tertiary/aromatic N) is 2. The Morgan fingerprint density at radius 1 is 1.11 bits per heavy atom. The minimum atomic E-state index is -0.666. The first kappa shape index (κ1) is 17.7. The van der Waals surface area contributed by atoms with Crippen molar-refractivity contribution >= 4 is 16.7 Å². The maximum absolute atomic E-state index is 11.3. The Labute approximate surface area is 159 Å². The molecule has 1 aliphatic rings. The van der Waals surface area contributed by atoms with Crippen LogP contribution in [0.4, 0.5) is 0 Å². The average Bonchev–Trinajstić information content (AvgIpc) is 2.70. The molecule has 1 unspecified atom stereocenters. The highest BCUT2D eigenvalue weighted by atomic mass is 16.4. The number of carbonyl (C=O) groups is 1. The monoisotopic (exact) mass is 360 g/mol. The Morgan fingerprint density at radius 2 is 1.89 bits per heavy atom. The molecule has 1 atom stereocenters. The molecule has 1 fully saturated rings. The summed E-state index contributed by atoms with van der Waals surface area (Å²) < 4.78 is 0. The molecule has 0 aliphatic carbocycles. The van der Waals surface area contributed by atoms with Crippen LogP contribution < -0.4 is 0 Å². The smallest absolute Gasteiger partial charge is 0.306 e. The van der Waals surface area contributed by atoms with Crippen molar-refractivity contribution in [1.29, 1.82) is 0 Å². The number of carboxylic acids is 1. The van der Waals surface area contributed by atoms with Crippen molar-refractivity contribution in [2.24, 2.45) is 5.92 Å². The number of piperidine rings is 1. The number of likely N-dealkylation sites (tertiary alicyclic amines) is 1. The number of pyridine rings is 1. The van der Waals surface area contributed by atoms with E-state index < -0.39 is 5.97 Å². The van der Waals surface area contributed by atoms with E-state index in [1.54, 1.807) is 0 Å². The number of hydrogen-bond acceptors (Lipinski definition) is 3. The van der Waals surface area contributed by atoms with Crippen molar-refractivity contribution in [3.63, 3.8) is 0 Å². The Balaban J connectivity index is 1.74. The summed E-state index contributed by atoms with van der Waals surface area (Å²) in [6, 6.07) is 17.2. The maximum Gasteiger partial charge on any atom is 0.306 e. The van der Waals surface area contributed by atoms with Crippen LogP contribution in [0.15, 0.2) is 60.9 Å². The normalized spacial score (nSPS) is 17.1. The summed E-state index contributed by atoms with van der Waals surface area (Å²) >= 11 is 0. The van der Waals surface area contributed by atoms with Gasteiger partial charge in [-0.25, -0.2) is 0 Å². The Bertz CT molecular complexity index is 961. The molecule has 4 heteroatoms. The Kier molecular flexibility index (Phi) is 4.90. The first-order valence-corrected chi connectivity index (χ1v) is 9.49. The summed E-state index contributed by atoms with van der Waals surface area (Å²) in [5.41, 5.74) is 3.80. The van der Waals surface area contributed by atoms with Crippen LogP contribution in [-0.4, -0.2) is 34.0 Å². The highest BCUT2D eigenvalue weighted by molar-refractivity contribution is 5.82. The molecule has 2 aromatic carbocycles. The van der Waals surface area contributed by atoms with E-state index in [1.165, 1.54) is 22.1 Å². The minimum absolute atomic E-state index is 0.138. The van der Waals surface area contributed by atoms with E-state index >= 15 is 0 Å². The molecular weight excluding hydrogens is 336 g/mol. The second kappa shape index (κ2) is 7.49. The molecule has 1 saturated heterocycles. The number of benzene rings is 2. The van der Waals surface area contributed by atoms with E-state index in [0.717, 1.165) is 18.5 Å². The lowest BCUT2D eigenvalue weighted by Gasteiger charge is -2.37. The van der Waals surface area contributed by atoms with Gasteiger partial charge in [-0.3, -0.25) is 14.7 Å². The first-order chi connectivity index (χ1) is 13.1. The van der Waals surface area contributed by atoms with Gasteiger partial charge < -0.3 is 5.11 Å². The zero-order chi connectivity index (χ0) is 18.8. The Morgan fingerprint density at radius 3 is 2.63 bits per heavy atom. The second-order valence-corrected chi connectivity index (χ2v) is 7.39. The van der Waals surface area contributed by atoms with Gasteiger partial charge in [0.25, 0.3) is 0 Å². The number of hydrogen-bond donors (Lipinski definition) is 1. The van der Waals surface area contributed by atoms with Crippen LogP contribution in [0.1, 0.15) is 35.6 Å². The van der Waals surface area contributed by atoms with E-state index in [-0.39, 0.29) is 12.0 Å². The SMILES string of the molecule is Cc1ccccc1C(c1ccc2cnccc2c1)N1CCC(C(=O)O)CC1. The molecule has 0 radical (unpaired) electrons. The number of rotatable bonds is 4. The van der Waals surface area contributed by atoms with Gasteiger partial charge in [-0.1, -0.05) is 36.4 Å². The van der Waals surface area contributed by atoms with Crippen LogP contribution in [0.5, 0.6) is 0 Å². The first-order valence-electron chi connectivity index (χ1n) is 9.49. The van der Waals surface area contributed by atoms with Crippen LogP contribution in [0.3, 0.4) is 0 Å². The van der Waals surface area contributed by atoms with Crippen LogP contribution in [-0.2, 0) is 4.79 Å². The van der Waals surface area contributed by atoms with Gasteiger partial charge in [0, 0.05) is 17.8 Å². The summed E-state index contributed by atoms with van der Waals surface area (Å²) in [4.78, 5) is 18.0. The molecule has 1 aliphatic heterocycles. The van der Waals surface area contributed by atoms with Gasteiger partial charge in [0.1, 0.15) is 0 Å². The number of carboxylic acid groups (broad SMARTS) is 1. The molecular formula is C23H24N2O2. The fourth-order valence-electron chi connectivity index (χ4n) is 4.16. The third-order valence-electron chi connectivity index (χ3n) is 5.71. The van der Waals surface area contributed by atoms with Crippen LogP contribution in [0.2, 0.25) is 0 Å². The zero-order valence-electron chi connectivity index (χ0n) is 15.5. The summed E-state index contributed by atoms with van der Waals surface area (Å²) in [5, 5.41) is 11.7. The molecule has 0 bridgehead atoms. The largest absolute Gasteiger partial charge is 0.481 e. The maximum atomic E-state index is 11.3. The topological polar surface area (TPSA) is 53.4 Å². The highest BCUT2D eigenvalue weighted by Crippen LogP contribution is 2.35. The summed E-state index contributed by atoms with van der Waals surface area (Å²) in [6.07, 6.45) is 5.12.